The van der Waals surface area contributed by atoms with Gasteiger partial charge < -0.3 is 10.2 Å². The minimum atomic E-state index is -0.193. The van der Waals surface area contributed by atoms with Gasteiger partial charge in [-0.1, -0.05) is 53.9 Å². The van der Waals surface area contributed by atoms with Crippen LogP contribution in [0.1, 0.15) is 105 Å². The van der Waals surface area contributed by atoms with Crippen molar-refractivity contribution in [1.29, 1.82) is 0 Å². The molecule has 0 amide bonds. The number of rotatable bonds is 5. The van der Waals surface area contributed by atoms with E-state index >= 15 is 0 Å². The maximum Gasteiger partial charge on any atom is 0.0577 e. The molecule has 4 saturated carbocycles. The fourth-order valence-electron chi connectivity index (χ4n) is 9.30. The molecule has 2 heteroatoms. The van der Waals surface area contributed by atoms with Gasteiger partial charge in [0.2, 0.25) is 0 Å². The molecule has 0 heterocycles. The van der Waals surface area contributed by atoms with Crippen molar-refractivity contribution in [2.24, 2.45) is 52.3 Å². The Bertz CT molecular complexity index is 573. The molecule has 10 atom stereocenters. The first-order chi connectivity index (χ1) is 13.7. The fraction of sp³-hybridized carbons (Fsp3) is 1.00. The van der Waals surface area contributed by atoms with Crippen LogP contribution in [-0.4, -0.2) is 22.4 Å². The van der Waals surface area contributed by atoms with E-state index in [2.05, 4.69) is 34.6 Å². The van der Waals surface area contributed by atoms with E-state index in [-0.39, 0.29) is 17.6 Å². The summed E-state index contributed by atoms with van der Waals surface area (Å²) in [5.74, 6) is 5.20. The number of hydrogen-bond acceptors (Lipinski definition) is 2. The van der Waals surface area contributed by atoms with Crippen LogP contribution in [-0.2, 0) is 0 Å². The summed E-state index contributed by atoms with van der Waals surface area (Å²) in [6.45, 7) is 12.4. The Balaban J connectivity index is 1.50. The van der Waals surface area contributed by atoms with E-state index in [0.29, 0.717) is 17.3 Å². The lowest BCUT2D eigenvalue weighted by molar-refractivity contribution is -0.172. The Hall–Kier alpha value is -0.0800. The van der Waals surface area contributed by atoms with Crippen LogP contribution >= 0.6 is 0 Å². The van der Waals surface area contributed by atoms with Crippen LogP contribution in [0.2, 0.25) is 0 Å². The highest BCUT2D eigenvalue weighted by Crippen LogP contribution is 2.68. The van der Waals surface area contributed by atoms with Gasteiger partial charge in [0.15, 0.2) is 0 Å². The maximum atomic E-state index is 11.2. The Kier molecular flexibility index (Phi) is 6.19. The minimum absolute atomic E-state index is 0.185. The average molecular weight is 405 g/mol. The van der Waals surface area contributed by atoms with Crippen LogP contribution in [0.4, 0.5) is 0 Å². The zero-order valence-corrected chi connectivity index (χ0v) is 19.9. The topological polar surface area (TPSA) is 40.5 Å². The van der Waals surface area contributed by atoms with E-state index in [0.717, 1.165) is 55.3 Å². The second-order valence-corrected chi connectivity index (χ2v) is 12.8. The smallest absolute Gasteiger partial charge is 0.0577 e. The van der Waals surface area contributed by atoms with Crippen molar-refractivity contribution in [2.75, 3.05) is 0 Å². The van der Waals surface area contributed by atoms with Crippen molar-refractivity contribution in [3.63, 3.8) is 0 Å². The van der Waals surface area contributed by atoms with Gasteiger partial charge in [-0.05, 0) is 104 Å². The summed E-state index contributed by atoms with van der Waals surface area (Å²) >= 11 is 0. The Morgan fingerprint density at radius 2 is 1.48 bits per heavy atom. The van der Waals surface area contributed by atoms with Crippen molar-refractivity contribution in [3.8, 4) is 0 Å². The van der Waals surface area contributed by atoms with Crippen molar-refractivity contribution < 1.29 is 10.2 Å². The van der Waals surface area contributed by atoms with Gasteiger partial charge in [0, 0.05) is 0 Å². The third-order valence-electron chi connectivity index (χ3n) is 10.9. The molecule has 4 aliphatic rings. The molecule has 2 N–H and O–H groups in total. The van der Waals surface area contributed by atoms with E-state index in [1.165, 1.54) is 44.9 Å². The highest BCUT2D eigenvalue weighted by Gasteiger charge is 2.62. The van der Waals surface area contributed by atoms with Crippen molar-refractivity contribution in [1.82, 2.24) is 0 Å². The van der Waals surface area contributed by atoms with Crippen LogP contribution in [0, 0.1) is 52.3 Å². The van der Waals surface area contributed by atoms with Crippen LogP contribution in [0.3, 0.4) is 0 Å². The van der Waals surface area contributed by atoms with Gasteiger partial charge in [-0.15, -0.1) is 0 Å². The number of fused-ring (bicyclic) bond motifs is 5. The molecule has 0 radical (unpaired) electrons. The molecular weight excluding hydrogens is 356 g/mol. The standard InChI is InChI=1S/C27H48O2/c1-17(2)7-6-8-18(3)21-9-10-22-20-16-25(29)24-15-19(28)11-13-27(24,5)23(20)12-14-26(21,22)4/h17-25,28-29H,6-16H2,1-5H3/t18-,19+,20?,21-,22?,23?,24?,25-,26-,27-/m1/s1. The lowest BCUT2D eigenvalue weighted by Gasteiger charge is -2.62. The van der Waals surface area contributed by atoms with E-state index in [4.69, 9.17) is 0 Å². The van der Waals surface area contributed by atoms with E-state index in [1.807, 2.05) is 0 Å². The van der Waals surface area contributed by atoms with E-state index in [9.17, 15) is 10.2 Å². The summed E-state index contributed by atoms with van der Waals surface area (Å²) in [4.78, 5) is 0. The second kappa shape index (κ2) is 8.12. The molecule has 4 fully saturated rings. The molecule has 0 saturated heterocycles. The van der Waals surface area contributed by atoms with Crippen LogP contribution in [0.5, 0.6) is 0 Å². The largest absolute Gasteiger partial charge is 0.393 e. The predicted octanol–water partition coefficient (Wildman–Crippen LogP) is 6.44. The zero-order valence-electron chi connectivity index (χ0n) is 19.9. The average Bonchev–Trinajstić information content (AvgIpc) is 3.00. The van der Waals surface area contributed by atoms with Crippen LogP contribution in [0.25, 0.3) is 0 Å². The second-order valence-electron chi connectivity index (χ2n) is 12.8. The fourth-order valence-corrected chi connectivity index (χ4v) is 9.30. The molecule has 0 aliphatic heterocycles. The highest BCUT2D eigenvalue weighted by atomic mass is 16.3. The van der Waals surface area contributed by atoms with Gasteiger partial charge in [-0.3, -0.25) is 0 Å². The monoisotopic (exact) mass is 404 g/mol. The molecule has 0 aromatic carbocycles. The van der Waals surface area contributed by atoms with Gasteiger partial charge in [-0.25, -0.2) is 0 Å². The molecule has 4 unspecified atom stereocenters. The van der Waals surface area contributed by atoms with Gasteiger partial charge >= 0.3 is 0 Å². The third kappa shape index (κ3) is 3.73. The summed E-state index contributed by atoms with van der Waals surface area (Å²) in [7, 11) is 0. The number of aliphatic hydroxyl groups excluding tert-OH is 2. The van der Waals surface area contributed by atoms with Gasteiger partial charge in [0.25, 0.3) is 0 Å². The van der Waals surface area contributed by atoms with Crippen molar-refractivity contribution in [3.05, 3.63) is 0 Å². The van der Waals surface area contributed by atoms with E-state index < -0.39 is 0 Å². The molecular formula is C27H48O2. The first-order valence-corrected chi connectivity index (χ1v) is 13.0. The van der Waals surface area contributed by atoms with Gasteiger partial charge in [0.1, 0.15) is 0 Å². The summed E-state index contributed by atoms with van der Waals surface area (Å²) in [5.41, 5.74) is 0.749. The number of hydrogen-bond donors (Lipinski definition) is 2. The van der Waals surface area contributed by atoms with Gasteiger partial charge in [0.05, 0.1) is 12.2 Å². The molecule has 0 spiro atoms. The zero-order chi connectivity index (χ0) is 21.0. The maximum absolute atomic E-state index is 11.2. The first kappa shape index (κ1) is 22.1. The lowest BCUT2D eigenvalue weighted by Crippen LogP contribution is -2.58. The normalized spacial score (nSPS) is 50.7. The van der Waals surface area contributed by atoms with Crippen molar-refractivity contribution >= 4 is 0 Å². The molecule has 29 heavy (non-hydrogen) atoms. The SMILES string of the molecule is CC(C)CCC[C@@H](C)[C@H]1CCC2C3C[C@@H](O)C4C[C@@H](O)CC[C@]4(C)C3CC[C@@]21C. The first-order valence-electron chi connectivity index (χ1n) is 13.0. The molecule has 0 bridgehead atoms. The quantitative estimate of drug-likeness (QED) is 0.553. The molecule has 2 nitrogen and oxygen atoms in total. The van der Waals surface area contributed by atoms with Crippen LogP contribution < -0.4 is 0 Å². The molecule has 0 aromatic rings. The Morgan fingerprint density at radius 3 is 2.21 bits per heavy atom. The van der Waals surface area contributed by atoms with E-state index in [1.54, 1.807) is 0 Å². The Labute approximate surface area is 180 Å². The summed E-state index contributed by atoms with van der Waals surface area (Å²) in [6, 6.07) is 0. The Morgan fingerprint density at radius 1 is 0.793 bits per heavy atom. The van der Waals surface area contributed by atoms with Crippen molar-refractivity contribution in [2.45, 2.75) is 117 Å². The summed E-state index contributed by atoms with van der Waals surface area (Å²) in [6.07, 6.45) is 13.3. The highest BCUT2D eigenvalue weighted by molar-refractivity contribution is 5.11. The molecule has 4 rings (SSSR count). The third-order valence-corrected chi connectivity index (χ3v) is 10.9. The summed E-state index contributed by atoms with van der Waals surface area (Å²) in [5, 5.41) is 21.4. The molecule has 168 valence electrons. The summed E-state index contributed by atoms with van der Waals surface area (Å²) < 4.78 is 0. The van der Waals surface area contributed by atoms with Gasteiger partial charge in [-0.2, -0.15) is 0 Å². The number of aliphatic hydroxyl groups is 2. The predicted molar refractivity (Wildman–Crippen MR) is 120 cm³/mol. The molecule has 0 aromatic heterocycles. The molecule has 4 aliphatic carbocycles. The lowest BCUT2D eigenvalue weighted by atomic mass is 9.44. The minimum Gasteiger partial charge on any atom is -0.393 e. The van der Waals surface area contributed by atoms with Crippen LogP contribution in [0.15, 0.2) is 0 Å².